The van der Waals surface area contributed by atoms with Gasteiger partial charge in [-0.2, -0.15) is 0 Å². The topological polar surface area (TPSA) is 0 Å². The molecule has 0 heterocycles. The van der Waals surface area contributed by atoms with Crippen LogP contribution in [0.3, 0.4) is 0 Å². The predicted molar refractivity (Wildman–Crippen MR) is 82.2 cm³/mol. The first kappa shape index (κ1) is 16.1. The summed E-state index contributed by atoms with van der Waals surface area (Å²) in [6, 6.07) is 9.88. The summed E-state index contributed by atoms with van der Waals surface area (Å²) >= 11 is 3.41. The van der Waals surface area contributed by atoms with E-state index in [0.29, 0.717) is 11.5 Å². The maximum absolute atomic E-state index is 13.3. The van der Waals surface area contributed by atoms with E-state index in [0.717, 1.165) is 24.1 Å². The van der Waals surface area contributed by atoms with Crippen molar-refractivity contribution in [2.45, 2.75) is 31.0 Å². The van der Waals surface area contributed by atoms with Crippen molar-refractivity contribution in [1.29, 1.82) is 0 Å². The highest BCUT2D eigenvalue weighted by molar-refractivity contribution is 9.09. The molecule has 0 radical (unpaired) electrons. The minimum Gasteiger partial charge on any atom is -0.204 e. The van der Waals surface area contributed by atoms with Crippen molar-refractivity contribution in [2.24, 2.45) is 0 Å². The van der Waals surface area contributed by atoms with Crippen LogP contribution >= 0.6 is 15.9 Å². The molecule has 2 atom stereocenters. The Bertz CT molecular complexity index is 599. The maximum atomic E-state index is 13.3. The van der Waals surface area contributed by atoms with Gasteiger partial charge in [-0.15, -0.1) is 0 Å². The zero-order valence-electron chi connectivity index (χ0n) is 11.8. The van der Waals surface area contributed by atoms with Crippen molar-refractivity contribution in [2.75, 3.05) is 0 Å². The van der Waals surface area contributed by atoms with Gasteiger partial charge < -0.3 is 0 Å². The van der Waals surface area contributed by atoms with Crippen molar-refractivity contribution in [1.82, 2.24) is 0 Å². The van der Waals surface area contributed by atoms with E-state index in [-0.39, 0.29) is 4.83 Å². The molecule has 2 aromatic carbocycles. The lowest BCUT2D eigenvalue weighted by Gasteiger charge is -2.14. The molecule has 21 heavy (non-hydrogen) atoms. The highest BCUT2D eigenvalue weighted by Gasteiger charge is 2.17. The van der Waals surface area contributed by atoms with Gasteiger partial charge in [0.25, 0.3) is 0 Å². The molecule has 2 rings (SSSR count). The molecule has 2 aromatic rings. The van der Waals surface area contributed by atoms with Crippen LogP contribution in [-0.2, 0) is 0 Å². The van der Waals surface area contributed by atoms with E-state index >= 15 is 0 Å². The van der Waals surface area contributed by atoms with Crippen LogP contribution in [0, 0.1) is 17.5 Å². The Morgan fingerprint density at radius 3 is 1.86 bits per heavy atom. The van der Waals surface area contributed by atoms with Gasteiger partial charge in [0.15, 0.2) is 17.5 Å². The van der Waals surface area contributed by atoms with Gasteiger partial charge in [-0.25, -0.2) is 13.2 Å². The lowest BCUT2D eigenvalue weighted by atomic mass is 9.96. The quantitative estimate of drug-likeness (QED) is 0.458. The Hall–Kier alpha value is -1.29. The lowest BCUT2D eigenvalue weighted by Crippen LogP contribution is -1.99. The first-order valence-electron chi connectivity index (χ1n) is 6.82. The molecule has 0 nitrogen and oxygen atoms in total. The minimum absolute atomic E-state index is 0.350. The summed E-state index contributed by atoms with van der Waals surface area (Å²) in [5, 5.41) is 0. The zero-order valence-corrected chi connectivity index (χ0v) is 13.4. The molecule has 112 valence electrons. The summed E-state index contributed by atoms with van der Waals surface area (Å²) < 4.78 is 39.6. The van der Waals surface area contributed by atoms with Gasteiger partial charge in [0.05, 0.1) is 4.83 Å². The Balaban J connectivity index is 2.29. The van der Waals surface area contributed by atoms with Crippen LogP contribution in [0.5, 0.6) is 0 Å². The Morgan fingerprint density at radius 1 is 0.905 bits per heavy atom. The van der Waals surface area contributed by atoms with Crippen LogP contribution in [0.25, 0.3) is 0 Å². The van der Waals surface area contributed by atoms with Crippen LogP contribution in [-0.4, -0.2) is 0 Å². The standard InChI is InChI=1S/C17H16BrF3/c1-3-10(2)11-4-6-12(7-5-11)16(18)13-8-14(19)17(21)15(20)9-13/h4-10,16H,3H2,1-2H3. The van der Waals surface area contributed by atoms with E-state index in [1.54, 1.807) is 0 Å². The molecule has 0 aliphatic heterocycles. The average Bonchev–Trinajstić information content (AvgIpc) is 2.50. The molecule has 0 N–H and O–H groups in total. The van der Waals surface area contributed by atoms with Gasteiger partial charge in [0.1, 0.15) is 0 Å². The molecule has 0 bridgehead atoms. The molecule has 0 aromatic heterocycles. The highest BCUT2D eigenvalue weighted by atomic mass is 79.9. The minimum atomic E-state index is -1.44. The van der Waals surface area contributed by atoms with E-state index in [4.69, 9.17) is 0 Å². The molecule has 4 heteroatoms. The van der Waals surface area contributed by atoms with Crippen LogP contribution in [0.1, 0.15) is 47.7 Å². The SMILES string of the molecule is CCC(C)c1ccc(C(Br)c2cc(F)c(F)c(F)c2)cc1. The normalized spacial score (nSPS) is 14.0. The fourth-order valence-electron chi connectivity index (χ4n) is 2.14. The first-order chi connectivity index (χ1) is 9.93. The first-order valence-corrected chi connectivity index (χ1v) is 7.74. The number of benzene rings is 2. The fraction of sp³-hybridized carbons (Fsp3) is 0.294. The summed E-state index contributed by atoms with van der Waals surface area (Å²) in [5.74, 6) is -3.32. The van der Waals surface area contributed by atoms with Crippen molar-refractivity contribution in [3.63, 3.8) is 0 Å². The highest BCUT2D eigenvalue weighted by Crippen LogP contribution is 2.33. The van der Waals surface area contributed by atoms with Gasteiger partial charge in [0.2, 0.25) is 0 Å². The Labute approximate surface area is 131 Å². The van der Waals surface area contributed by atoms with E-state index in [1.165, 1.54) is 5.56 Å². The largest absolute Gasteiger partial charge is 0.204 e. The molecule has 2 unspecified atom stereocenters. The van der Waals surface area contributed by atoms with Crippen LogP contribution in [0.15, 0.2) is 36.4 Å². The van der Waals surface area contributed by atoms with E-state index in [2.05, 4.69) is 29.8 Å². The van der Waals surface area contributed by atoms with Gasteiger partial charge in [-0.1, -0.05) is 54.0 Å². The molecular formula is C17H16BrF3. The van der Waals surface area contributed by atoms with Crippen molar-refractivity contribution < 1.29 is 13.2 Å². The third kappa shape index (κ3) is 3.49. The molecule has 0 aliphatic carbocycles. The molecule has 0 amide bonds. The molecule has 0 fully saturated rings. The summed E-state index contributed by atoms with van der Waals surface area (Å²) in [5.41, 5.74) is 2.44. The number of hydrogen-bond donors (Lipinski definition) is 0. The third-order valence-electron chi connectivity index (χ3n) is 3.71. The smallest absolute Gasteiger partial charge is 0.194 e. The number of rotatable bonds is 4. The number of halogens is 4. The summed E-state index contributed by atoms with van der Waals surface area (Å²) in [6.45, 7) is 4.27. The summed E-state index contributed by atoms with van der Waals surface area (Å²) in [7, 11) is 0. The van der Waals surface area contributed by atoms with Crippen LogP contribution in [0.2, 0.25) is 0 Å². The predicted octanol–water partition coefficient (Wildman–Crippen LogP) is 6.10. The lowest BCUT2D eigenvalue weighted by molar-refractivity contribution is 0.445. The van der Waals surface area contributed by atoms with Crippen molar-refractivity contribution in [3.8, 4) is 0 Å². The monoisotopic (exact) mass is 356 g/mol. The Kier molecular flexibility index (Phi) is 5.09. The average molecular weight is 357 g/mol. The third-order valence-corrected chi connectivity index (χ3v) is 4.77. The molecule has 0 saturated heterocycles. The molecule has 0 aliphatic rings. The molecule has 0 spiro atoms. The van der Waals surface area contributed by atoms with Gasteiger partial charge >= 0.3 is 0 Å². The zero-order chi connectivity index (χ0) is 15.6. The Morgan fingerprint density at radius 2 is 1.38 bits per heavy atom. The molecular weight excluding hydrogens is 341 g/mol. The number of hydrogen-bond acceptors (Lipinski definition) is 0. The van der Waals surface area contributed by atoms with Crippen molar-refractivity contribution in [3.05, 3.63) is 70.5 Å². The second-order valence-electron chi connectivity index (χ2n) is 5.14. The fourth-order valence-corrected chi connectivity index (χ4v) is 2.71. The van der Waals surface area contributed by atoms with Crippen LogP contribution in [0.4, 0.5) is 13.2 Å². The summed E-state index contributed by atoms with van der Waals surface area (Å²) in [6.07, 6.45) is 1.05. The maximum Gasteiger partial charge on any atom is 0.194 e. The second kappa shape index (κ2) is 6.65. The summed E-state index contributed by atoms with van der Waals surface area (Å²) in [4.78, 5) is -0.381. The number of alkyl halides is 1. The van der Waals surface area contributed by atoms with E-state index in [9.17, 15) is 13.2 Å². The van der Waals surface area contributed by atoms with Gasteiger partial charge in [-0.3, -0.25) is 0 Å². The van der Waals surface area contributed by atoms with Crippen LogP contribution < -0.4 is 0 Å². The van der Waals surface area contributed by atoms with E-state index < -0.39 is 17.5 Å². The van der Waals surface area contributed by atoms with Gasteiger partial charge in [-0.05, 0) is 41.2 Å². The molecule has 0 saturated carbocycles. The second-order valence-corrected chi connectivity index (χ2v) is 6.05. The van der Waals surface area contributed by atoms with Crippen molar-refractivity contribution >= 4 is 15.9 Å². The van der Waals surface area contributed by atoms with Gasteiger partial charge in [0, 0.05) is 0 Å². The van der Waals surface area contributed by atoms with E-state index in [1.807, 2.05) is 24.3 Å².